The second-order valence-corrected chi connectivity index (χ2v) is 7.83. The summed E-state index contributed by atoms with van der Waals surface area (Å²) in [6, 6.07) is 10.8. The molecule has 2 unspecified atom stereocenters. The van der Waals surface area contributed by atoms with Crippen LogP contribution >= 0.6 is 0 Å². The highest BCUT2D eigenvalue weighted by atomic mass is 16.1. The Hall–Kier alpha value is -1.35. The molecule has 0 radical (unpaired) electrons. The van der Waals surface area contributed by atoms with Gasteiger partial charge in [-0.1, -0.05) is 63.9 Å². The summed E-state index contributed by atoms with van der Waals surface area (Å²) in [4.78, 5) is 12.1. The van der Waals surface area contributed by atoms with Crippen LogP contribution in [-0.4, -0.2) is 25.0 Å². The van der Waals surface area contributed by atoms with Gasteiger partial charge in [-0.3, -0.25) is 4.79 Å². The van der Waals surface area contributed by atoms with Crippen molar-refractivity contribution < 1.29 is 4.79 Å². The fourth-order valence-electron chi connectivity index (χ4n) is 3.69. The molecule has 2 rings (SSSR count). The molecule has 1 aliphatic carbocycles. The molecule has 0 aromatic heterocycles. The highest BCUT2D eigenvalue weighted by molar-refractivity contribution is 5.78. The molecule has 1 saturated carbocycles. The standard InChI is InChI=1S/C20H32N2O/c1-20(2,3)17-11-7-8-12-18(17)22-15-19(23)21-14-13-16-9-5-4-6-10-16/h4-6,9-10,17-18,22H,7-8,11-15H2,1-3H3,(H,21,23). The molecule has 0 saturated heterocycles. The fraction of sp³-hybridized carbons (Fsp3) is 0.650. The second kappa shape index (κ2) is 8.49. The molecule has 0 spiro atoms. The molecule has 0 aliphatic heterocycles. The number of hydrogen-bond donors (Lipinski definition) is 2. The summed E-state index contributed by atoms with van der Waals surface area (Å²) in [5.41, 5.74) is 1.57. The van der Waals surface area contributed by atoms with Crippen molar-refractivity contribution >= 4 is 5.91 Å². The van der Waals surface area contributed by atoms with Crippen LogP contribution in [0.25, 0.3) is 0 Å². The first-order valence-corrected chi connectivity index (χ1v) is 9.01. The van der Waals surface area contributed by atoms with Crippen LogP contribution in [0, 0.1) is 11.3 Å². The highest BCUT2D eigenvalue weighted by Crippen LogP contribution is 2.37. The van der Waals surface area contributed by atoms with Gasteiger partial charge in [0.1, 0.15) is 0 Å². The van der Waals surface area contributed by atoms with Crippen LogP contribution in [0.3, 0.4) is 0 Å². The molecule has 1 aromatic rings. The molecule has 128 valence electrons. The molecule has 3 nitrogen and oxygen atoms in total. The minimum Gasteiger partial charge on any atom is -0.355 e. The zero-order valence-corrected chi connectivity index (χ0v) is 14.9. The van der Waals surface area contributed by atoms with E-state index < -0.39 is 0 Å². The lowest BCUT2D eigenvalue weighted by atomic mass is 9.69. The van der Waals surface area contributed by atoms with E-state index in [9.17, 15) is 4.79 Å². The number of amides is 1. The van der Waals surface area contributed by atoms with Crippen molar-refractivity contribution in [3.8, 4) is 0 Å². The van der Waals surface area contributed by atoms with Crippen molar-refractivity contribution in [2.75, 3.05) is 13.1 Å². The van der Waals surface area contributed by atoms with Crippen molar-refractivity contribution in [2.24, 2.45) is 11.3 Å². The molecular weight excluding hydrogens is 284 g/mol. The summed E-state index contributed by atoms with van der Waals surface area (Å²) in [5, 5.41) is 6.54. The van der Waals surface area contributed by atoms with Crippen LogP contribution < -0.4 is 10.6 Å². The Morgan fingerprint density at radius 1 is 1.13 bits per heavy atom. The monoisotopic (exact) mass is 316 g/mol. The van der Waals surface area contributed by atoms with Gasteiger partial charge in [0.25, 0.3) is 0 Å². The van der Waals surface area contributed by atoms with E-state index in [-0.39, 0.29) is 5.91 Å². The smallest absolute Gasteiger partial charge is 0.233 e. The molecule has 2 N–H and O–H groups in total. The van der Waals surface area contributed by atoms with Gasteiger partial charge < -0.3 is 10.6 Å². The summed E-state index contributed by atoms with van der Waals surface area (Å²) < 4.78 is 0. The molecule has 3 heteroatoms. The van der Waals surface area contributed by atoms with Crippen LogP contribution in [0.15, 0.2) is 30.3 Å². The summed E-state index contributed by atoms with van der Waals surface area (Å²) >= 11 is 0. The number of hydrogen-bond acceptors (Lipinski definition) is 2. The number of carbonyl (C=O) groups is 1. The second-order valence-electron chi connectivity index (χ2n) is 7.83. The van der Waals surface area contributed by atoms with E-state index in [1.54, 1.807) is 0 Å². The average Bonchev–Trinajstić information content (AvgIpc) is 2.53. The maximum absolute atomic E-state index is 12.1. The zero-order chi connectivity index (χ0) is 16.7. The molecule has 1 fully saturated rings. The molecule has 1 amide bonds. The SMILES string of the molecule is CC(C)(C)C1CCCCC1NCC(=O)NCCc1ccccc1. The lowest BCUT2D eigenvalue weighted by molar-refractivity contribution is -0.120. The molecule has 0 heterocycles. The van der Waals surface area contributed by atoms with E-state index >= 15 is 0 Å². The van der Waals surface area contributed by atoms with E-state index in [0.29, 0.717) is 30.5 Å². The van der Waals surface area contributed by atoms with Crippen molar-refractivity contribution in [2.45, 2.75) is 58.9 Å². The van der Waals surface area contributed by atoms with Gasteiger partial charge >= 0.3 is 0 Å². The predicted octanol–water partition coefficient (Wildman–Crippen LogP) is 3.54. The third-order valence-corrected chi connectivity index (χ3v) is 4.98. The van der Waals surface area contributed by atoms with Gasteiger partial charge in [0.2, 0.25) is 5.91 Å². The molecule has 1 aromatic carbocycles. The Kier molecular flexibility index (Phi) is 6.64. The molecule has 0 bridgehead atoms. The summed E-state index contributed by atoms with van der Waals surface area (Å²) in [5.74, 6) is 0.771. The Morgan fingerprint density at radius 2 is 1.83 bits per heavy atom. The molecular formula is C20H32N2O. The topological polar surface area (TPSA) is 41.1 Å². The van der Waals surface area contributed by atoms with Crippen LogP contribution in [-0.2, 0) is 11.2 Å². The lowest BCUT2D eigenvalue weighted by Gasteiger charge is -2.40. The van der Waals surface area contributed by atoms with Gasteiger partial charge in [-0.25, -0.2) is 0 Å². The maximum Gasteiger partial charge on any atom is 0.233 e. The maximum atomic E-state index is 12.1. The number of rotatable bonds is 6. The first kappa shape index (κ1) is 18.0. The fourth-order valence-corrected chi connectivity index (χ4v) is 3.69. The van der Waals surface area contributed by atoms with Gasteiger partial charge in [-0.15, -0.1) is 0 Å². The van der Waals surface area contributed by atoms with E-state index in [4.69, 9.17) is 0 Å². The minimum absolute atomic E-state index is 0.110. The van der Waals surface area contributed by atoms with Gasteiger partial charge in [0.15, 0.2) is 0 Å². The summed E-state index contributed by atoms with van der Waals surface area (Å²) in [6.45, 7) is 8.09. The Labute approximate surface area is 141 Å². The van der Waals surface area contributed by atoms with Crippen LogP contribution in [0.4, 0.5) is 0 Å². The van der Waals surface area contributed by atoms with Crippen LogP contribution in [0.5, 0.6) is 0 Å². The third kappa shape index (κ3) is 5.98. The minimum atomic E-state index is 0.110. The first-order chi connectivity index (χ1) is 11.0. The van der Waals surface area contributed by atoms with Crippen molar-refractivity contribution in [1.29, 1.82) is 0 Å². The van der Waals surface area contributed by atoms with Crippen molar-refractivity contribution in [3.63, 3.8) is 0 Å². The normalized spacial score (nSPS) is 21.9. The first-order valence-electron chi connectivity index (χ1n) is 9.01. The Balaban J connectivity index is 1.70. The van der Waals surface area contributed by atoms with E-state index in [0.717, 1.165) is 6.42 Å². The predicted molar refractivity (Wildman–Crippen MR) is 96.4 cm³/mol. The highest BCUT2D eigenvalue weighted by Gasteiger charge is 2.33. The average molecular weight is 316 g/mol. The zero-order valence-electron chi connectivity index (χ0n) is 14.9. The third-order valence-electron chi connectivity index (χ3n) is 4.98. The number of nitrogens with one attached hydrogen (secondary N) is 2. The van der Waals surface area contributed by atoms with Crippen molar-refractivity contribution in [3.05, 3.63) is 35.9 Å². The van der Waals surface area contributed by atoms with E-state index in [2.05, 4.69) is 43.5 Å². The van der Waals surface area contributed by atoms with Gasteiger partial charge in [-0.2, -0.15) is 0 Å². The molecule has 2 atom stereocenters. The Morgan fingerprint density at radius 3 is 2.52 bits per heavy atom. The number of carbonyl (C=O) groups excluding carboxylic acids is 1. The quantitative estimate of drug-likeness (QED) is 0.843. The van der Waals surface area contributed by atoms with Gasteiger partial charge in [0, 0.05) is 12.6 Å². The van der Waals surface area contributed by atoms with E-state index in [1.165, 1.54) is 31.2 Å². The Bertz CT molecular complexity index is 478. The van der Waals surface area contributed by atoms with Gasteiger partial charge in [-0.05, 0) is 36.2 Å². The largest absolute Gasteiger partial charge is 0.355 e. The van der Waals surface area contributed by atoms with Gasteiger partial charge in [0.05, 0.1) is 6.54 Å². The van der Waals surface area contributed by atoms with Crippen LogP contribution in [0.2, 0.25) is 0 Å². The summed E-state index contributed by atoms with van der Waals surface area (Å²) in [6.07, 6.45) is 5.96. The number of benzene rings is 1. The summed E-state index contributed by atoms with van der Waals surface area (Å²) in [7, 11) is 0. The molecule has 1 aliphatic rings. The van der Waals surface area contributed by atoms with Crippen molar-refractivity contribution in [1.82, 2.24) is 10.6 Å². The lowest BCUT2D eigenvalue weighted by Crippen LogP contribution is -2.47. The van der Waals surface area contributed by atoms with E-state index in [1.807, 2.05) is 18.2 Å². The van der Waals surface area contributed by atoms with Crippen LogP contribution in [0.1, 0.15) is 52.0 Å². The molecule has 23 heavy (non-hydrogen) atoms.